The van der Waals surface area contributed by atoms with Crippen molar-refractivity contribution in [1.82, 2.24) is 4.98 Å². The fourth-order valence-electron chi connectivity index (χ4n) is 2.61. The molecule has 1 unspecified atom stereocenters. The predicted octanol–water partition coefficient (Wildman–Crippen LogP) is 2.26. The number of hydrogen-bond acceptors (Lipinski definition) is 4. The second-order valence-electron chi connectivity index (χ2n) is 5.36. The smallest absolute Gasteiger partial charge is 0.104 e. The maximum atomic E-state index is 6.08. The molecule has 0 amide bonds. The molecule has 1 atom stereocenters. The monoisotopic (exact) mass is 272 g/mol. The minimum absolute atomic E-state index is 0.317. The van der Waals surface area contributed by atoms with Crippen molar-refractivity contribution in [3.8, 4) is 0 Å². The molecule has 0 radical (unpaired) electrons. The van der Waals surface area contributed by atoms with Crippen LogP contribution in [0, 0.1) is 0 Å². The Balaban J connectivity index is 1.72. The average molecular weight is 272 g/mol. The van der Waals surface area contributed by atoms with E-state index in [4.69, 9.17) is 15.2 Å². The Kier molecular flexibility index (Phi) is 3.96. The van der Waals surface area contributed by atoms with Gasteiger partial charge in [-0.25, -0.2) is 0 Å². The Labute approximate surface area is 118 Å². The minimum Gasteiger partial charge on any atom is -0.378 e. The van der Waals surface area contributed by atoms with E-state index in [1.807, 2.05) is 12.1 Å². The average Bonchev–Trinajstić information content (AvgIpc) is 2.54. The molecule has 0 saturated carbocycles. The first-order valence-corrected chi connectivity index (χ1v) is 7.07. The lowest BCUT2D eigenvalue weighted by molar-refractivity contribution is -0.130. The van der Waals surface area contributed by atoms with E-state index in [0.717, 1.165) is 35.9 Å². The van der Waals surface area contributed by atoms with Crippen molar-refractivity contribution >= 4 is 10.9 Å². The van der Waals surface area contributed by atoms with Crippen LogP contribution >= 0.6 is 0 Å². The van der Waals surface area contributed by atoms with Crippen LogP contribution in [0.25, 0.3) is 10.9 Å². The van der Waals surface area contributed by atoms with E-state index in [1.54, 1.807) is 6.20 Å². The highest BCUT2D eigenvalue weighted by atomic mass is 16.5. The molecular formula is C16H20N2O2. The molecule has 1 aromatic carbocycles. The molecule has 4 heteroatoms. The number of aromatic nitrogens is 1. The van der Waals surface area contributed by atoms with Crippen LogP contribution in [0.15, 0.2) is 36.5 Å². The number of ether oxygens (including phenoxy) is 2. The van der Waals surface area contributed by atoms with E-state index in [1.165, 1.54) is 0 Å². The third-order valence-corrected chi connectivity index (χ3v) is 3.87. The van der Waals surface area contributed by atoms with Gasteiger partial charge in [0.1, 0.15) is 5.60 Å². The van der Waals surface area contributed by atoms with Crippen LogP contribution in [0.1, 0.15) is 18.4 Å². The molecule has 1 aliphatic rings. The Morgan fingerprint density at radius 2 is 2.30 bits per heavy atom. The fourth-order valence-corrected chi connectivity index (χ4v) is 2.61. The Morgan fingerprint density at radius 3 is 3.10 bits per heavy atom. The summed E-state index contributed by atoms with van der Waals surface area (Å²) in [4.78, 5) is 4.32. The van der Waals surface area contributed by atoms with Crippen LogP contribution in [0.4, 0.5) is 0 Å². The van der Waals surface area contributed by atoms with E-state index < -0.39 is 0 Å². The number of hydrogen-bond donors (Lipinski definition) is 1. The molecule has 1 aliphatic heterocycles. The highest BCUT2D eigenvalue weighted by Crippen LogP contribution is 2.24. The van der Waals surface area contributed by atoms with Gasteiger partial charge in [0.05, 0.1) is 18.7 Å². The Hall–Kier alpha value is -1.49. The van der Waals surface area contributed by atoms with E-state index in [-0.39, 0.29) is 5.60 Å². The number of nitrogens with two attached hydrogens (primary N) is 1. The summed E-state index contributed by atoms with van der Waals surface area (Å²) in [6.45, 7) is 2.47. The number of benzene rings is 1. The van der Waals surface area contributed by atoms with Crippen molar-refractivity contribution in [3.05, 3.63) is 42.1 Å². The molecule has 1 aromatic heterocycles. The highest BCUT2D eigenvalue weighted by molar-refractivity contribution is 5.78. The van der Waals surface area contributed by atoms with Gasteiger partial charge in [0.2, 0.25) is 0 Å². The van der Waals surface area contributed by atoms with Gasteiger partial charge in [-0.05, 0) is 36.6 Å². The van der Waals surface area contributed by atoms with E-state index in [0.29, 0.717) is 19.8 Å². The minimum atomic E-state index is -0.317. The summed E-state index contributed by atoms with van der Waals surface area (Å²) >= 11 is 0. The maximum absolute atomic E-state index is 6.08. The van der Waals surface area contributed by atoms with Crippen LogP contribution in [0.2, 0.25) is 0 Å². The number of nitrogens with zero attached hydrogens (tertiary/aromatic N) is 1. The standard InChI is InChI=1S/C16H20N2O2/c17-11-16(6-2-8-19-12-16)20-10-13-4-5-15-14(9-13)3-1-7-18-15/h1,3-5,7,9H,2,6,8,10-12,17H2. The van der Waals surface area contributed by atoms with Crippen LogP contribution in [0.5, 0.6) is 0 Å². The summed E-state index contributed by atoms with van der Waals surface area (Å²) in [5.41, 5.74) is 7.71. The summed E-state index contributed by atoms with van der Waals surface area (Å²) in [6, 6.07) is 10.2. The molecule has 1 saturated heterocycles. The predicted molar refractivity (Wildman–Crippen MR) is 78.4 cm³/mol. The molecular weight excluding hydrogens is 252 g/mol. The van der Waals surface area contributed by atoms with Crippen molar-refractivity contribution < 1.29 is 9.47 Å². The van der Waals surface area contributed by atoms with E-state index in [9.17, 15) is 0 Å². The normalized spacial score (nSPS) is 23.1. The Bertz CT molecular complexity index is 579. The van der Waals surface area contributed by atoms with E-state index in [2.05, 4.69) is 23.2 Å². The summed E-state index contributed by atoms with van der Waals surface area (Å²) in [5, 5.41) is 1.13. The van der Waals surface area contributed by atoms with Gasteiger partial charge in [-0.2, -0.15) is 0 Å². The second-order valence-corrected chi connectivity index (χ2v) is 5.36. The molecule has 2 heterocycles. The topological polar surface area (TPSA) is 57.4 Å². The van der Waals surface area contributed by atoms with Gasteiger partial charge in [-0.1, -0.05) is 12.1 Å². The van der Waals surface area contributed by atoms with Gasteiger partial charge in [0.15, 0.2) is 0 Å². The molecule has 0 aliphatic carbocycles. The van der Waals surface area contributed by atoms with Gasteiger partial charge < -0.3 is 15.2 Å². The van der Waals surface area contributed by atoms with Crippen molar-refractivity contribution in [2.24, 2.45) is 5.73 Å². The molecule has 3 rings (SSSR count). The van der Waals surface area contributed by atoms with Crippen LogP contribution in [-0.4, -0.2) is 30.3 Å². The first-order valence-electron chi connectivity index (χ1n) is 7.07. The van der Waals surface area contributed by atoms with Crippen molar-refractivity contribution in [3.63, 3.8) is 0 Å². The van der Waals surface area contributed by atoms with Gasteiger partial charge >= 0.3 is 0 Å². The number of rotatable bonds is 4. The maximum Gasteiger partial charge on any atom is 0.104 e. The number of fused-ring (bicyclic) bond motifs is 1. The van der Waals surface area contributed by atoms with Gasteiger partial charge in [0, 0.05) is 24.7 Å². The largest absolute Gasteiger partial charge is 0.378 e. The molecule has 106 valence electrons. The first-order chi connectivity index (χ1) is 9.81. The zero-order valence-corrected chi connectivity index (χ0v) is 11.5. The Morgan fingerprint density at radius 1 is 1.35 bits per heavy atom. The summed E-state index contributed by atoms with van der Waals surface area (Å²) in [6.07, 6.45) is 3.79. The zero-order chi connectivity index (χ0) is 13.8. The fraction of sp³-hybridized carbons (Fsp3) is 0.438. The van der Waals surface area contributed by atoms with E-state index >= 15 is 0 Å². The molecule has 2 aromatic rings. The third kappa shape index (κ3) is 2.82. The molecule has 2 N–H and O–H groups in total. The number of pyridine rings is 1. The van der Waals surface area contributed by atoms with Crippen LogP contribution in [0.3, 0.4) is 0 Å². The van der Waals surface area contributed by atoms with Gasteiger partial charge in [-0.3, -0.25) is 4.98 Å². The van der Waals surface area contributed by atoms with Crippen molar-refractivity contribution in [2.75, 3.05) is 19.8 Å². The lowest BCUT2D eigenvalue weighted by atomic mass is 9.96. The van der Waals surface area contributed by atoms with Gasteiger partial charge in [-0.15, -0.1) is 0 Å². The lowest BCUT2D eigenvalue weighted by Gasteiger charge is -2.35. The van der Waals surface area contributed by atoms with Crippen molar-refractivity contribution in [2.45, 2.75) is 25.0 Å². The zero-order valence-electron chi connectivity index (χ0n) is 11.5. The van der Waals surface area contributed by atoms with Crippen molar-refractivity contribution in [1.29, 1.82) is 0 Å². The van der Waals surface area contributed by atoms with Crippen LogP contribution in [-0.2, 0) is 16.1 Å². The van der Waals surface area contributed by atoms with Gasteiger partial charge in [0.25, 0.3) is 0 Å². The molecule has 20 heavy (non-hydrogen) atoms. The third-order valence-electron chi connectivity index (χ3n) is 3.87. The van der Waals surface area contributed by atoms with Crippen LogP contribution < -0.4 is 5.73 Å². The second kappa shape index (κ2) is 5.87. The summed E-state index contributed by atoms with van der Waals surface area (Å²) in [5.74, 6) is 0. The SMILES string of the molecule is NCC1(OCc2ccc3ncccc3c2)CCCOC1. The molecule has 1 fully saturated rings. The summed E-state index contributed by atoms with van der Waals surface area (Å²) in [7, 11) is 0. The lowest BCUT2D eigenvalue weighted by Crippen LogP contribution is -2.47. The first kappa shape index (κ1) is 13.5. The highest BCUT2D eigenvalue weighted by Gasteiger charge is 2.32. The quantitative estimate of drug-likeness (QED) is 0.927. The molecule has 0 spiro atoms. The molecule has 4 nitrogen and oxygen atoms in total. The summed E-state index contributed by atoms with van der Waals surface area (Å²) < 4.78 is 11.6. The molecule has 0 bridgehead atoms.